The maximum atomic E-state index is 12.5. The molecule has 0 fully saturated rings. The van der Waals surface area contributed by atoms with Crippen molar-refractivity contribution in [2.24, 2.45) is 0 Å². The maximum Gasteiger partial charge on any atom is 0.416 e. The Morgan fingerprint density at radius 3 is 2.29 bits per heavy atom. The molecule has 0 aliphatic rings. The molecule has 1 aromatic carbocycles. The van der Waals surface area contributed by atoms with Gasteiger partial charge >= 0.3 is 12.1 Å². The molecule has 0 bridgehead atoms. The van der Waals surface area contributed by atoms with Crippen LogP contribution < -0.4 is 0 Å². The molecule has 17 heavy (non-hydrogen) atoms. The average Bonchev–Trinajstić information content (AvgIpc) is 2.14. The van der Waals surface area contributed by atoms with Gasteiger partial charge in [-0.1, -0.05) is 0 Å². The Morgan fingerprint density at radius 2 is 1.88 bits per heavy atom. The first-order valence-corrected chi connectivity index (χ1v) is 4.79. The topological polar surface area (TPSA) is 40.5 Å². The molecule has 0 saturated heterocycles. The van der Waals surface area contributed by atoms with Crippen molar-refractivity contribution >= 4 is 5.97 Å². The molecular weight excluding hydrogens is 235 g/mol. The summed E-state index contributed by atoms with van der Waals surface area (Å²) in [6.07, 6.45) is -4.54. The number of carboxylic acids is 1. The van der Waals surface area contributed by atoms with Gasteiger partial charge in [0.1, 0.15) is 0 Å². The van der Waals surface area contributed by atoms with Crippen LogP contribution in [0, 0.1) is 0 Å². The van der Waals surface area contributed by atoms with Gasteiger partial charge < -0.3 is 10.0 Å². The largest absolute Gasteiger partial charge is 0.478 e. The number of hydrogen-bond donors (Lipinski definition) is 1. The Morgan fingerprint density at radius 1 is 1.29 bits per heavy atom. The van der Waals surface area contributed by atoms with Crippen LogP contribution in [-0.2, 0) is 12.7 Å². The van der Waals surface area contributed by atoms with E-state index in [9.17, 15) is 18.0 Å². The third-order valence-electron chi connectivity index (χ3n) is 2.07. The van der Waals surface area contributed by atoms with Gasteiger partial charge in [-0.2, -0.15) is 13.2 Å². The lowest BCUT2D eigenvalue weighted by Crippen LogP contribution is -2.14. The van der Waals surface area contributed by atoms with E-state index in [1.165, 1.54) is 6.07 Å². The zero-order valence-corrected chi connectivity index (χ0v) is 9.38. The molecule has 1 aromatic rings. The Bertz CT molecular complexity index is 427. The fourth-order valence-corrected chi connectivity index (χ4v) is 1.44. The number of benzene rings is 1. The minimum atomic E-state index is -4.54. The number of alkyl halides is 3. The second-order valence-corrected chi connectivity index (χ2v) is 3.96. The molecule has 1 N–H and O–H groups in total. The standard InChI is InChI=1S/C11H12F3NO2/c1-15(2)6-7-3-8(10(16)17)5-9(4-7)11(12,13)14/h3-5H,6H2,1-2H3,(H,16,17). The van der Waals surface area contributed by atoms with Crippen molar-refractivity contribution in [3.05, 3.63) is 34.9 Å². The molecule has 3 nitrogen and oxygen atoms in total. The number of halogens is 3. The van der Waals surface area contributed by atoms with Gasteiger partial charge in [-0.15, -0.1) is 0 Å². The molecule has 6 heteroatoms. The number of aromatic carboxylic acids is 1. The SMILES string of the molecule is CN(C)Cc1cc(C(=O)O)cc(C(F)(F)F)c1. The van der Waals surface area contributed by atoms with Crippen molar-refractivity contribution in [2.45, 2.75) is 12.7 Å². The molecule has 1 rings (SSSR count). The summed E-state index contributed by atoms with van der Waals surface area (Å²) in [6, 6.07) is 2.85. The van der Waals surface area contributed by atoms with E-state index in [0.29, 0.717) is 11.6 Å². The Labute approximate surface area is 96.5 Å². The summed E-state index contributed by atoms with van der Waals surface area (Å²) >= 11 is 0. The molecule has 0 amide bonds. The highest BCUT2D eigenvalue weighted by Gasteiger charge is 2.31. The lowest BCUT2D eigenvalue weighted by atomic mass is 10.0. The summed E-state index contributed by atoms with van der Waals surface area (Å²) in [4.78, 5) is 12.4. The van der Waals surface area contributed by atoms with Gasteiger partial charge in [-0.3, -0.25) is 0 Å². The Hall–Kier alpha value is -1.56. The average molecular weight is 247 g/mol. The number of hydrogen-bond acceptors (Lipinski definition) is 2. The molecule has 0 aromatic heterocycles. The van der Waals surface area contributed by atoms with E-state index in [-0.39, 0.29) is 12.1 Å². The molecule has 0 saturated carbocycles. The van der Waals surface area contributed by atoms with E-state index in [1.807, 2.05) is 0 Å². The van der Waals surface area contributed by atoms with Gasteiger partial charge in [0.15, 0.2) is 0 Å². The molecular formula is C11H12F3NO2. The Balaban J connectivity index is 3.24. The van der Waals surface area contributed by atoms with Gasteiger partial charge in [0.25, 0.3) is 0 Å². The van der Waals surface area contributed by atoms with Crippen molar-refractivity contribution in [2.75, 3.05) is 14.1 Å². The molecule has 94 valence electrons. The molecule has 0 unspecified atom stereocenters. The highest BCUT2D eigenvalue weighted by Crippen LogP contribution is 2.30. The van der Waals surface area contributed by atoms with Gasteiger partial charge in [0, 0.05) is 6.54 Å². The minimum absolute atomic E-state index is 0.254. The van der Waals surface area contributed by atoms with Crippen LogP contribution >= 0.6 is 0 Å². The molecule has 0 spiro atoms. The van der Waals surface area contributed by atoms with Gasteiger partial charge in [0.05, 0.1) is 11.1 Å². The van der Waals surface area contributed by atoms with E-state index in [2.05, 4.69) is 0 Å². The smallest absolute Gasteiger partial charge is 0.416 e. The minimum Gasteiger partial charge on any atom is -0.478 e. The second-order valence-electron chi connectivity index (χ2n) is 3.96. The fourth-order valence-electron chi connectivity index (χ4n) is 1.44. The second kappa shape index (κ2) is 4.75. The predicted octanol–water partition coefficient (Wildman–Crippen LogP) is 2.47. The first kappa shape index (κ1) is 13.5. The summed E-state index contributed by atoms with van der Waals surface area (Å²) in [5.74, 6) is -1.36. The normalized spacial score (nSPS) is 11.9. The van der Waals surface area contributed by atoms with Crippen molar-refractivity contribution in [3.8, 4) is 0 Å². The van der Waals surface area contributed by atoms with E-state index in [4.69, 9.17) is 5.11 Å². The van der Waals surface area contributed by atoms with E-state index >= 15 is 0 Å². The summed E-state index contributed by atoms with van der Waals surface area (Å²) in [5, 5.41) is 8.75. The van der Waals surface area contributed by atoms with Crippen LogP contribution in [0.2, 0.25) is 0 Å². The highest BCUT2D eigenvalue weighted by molar-refractivity contribution is 5.88. The van der Waals surface area contributed by atoms with Crippen molar-refractivity contribution in [1.82, 2.24) is 4.90 Å². The molecule has 0 atom stereocenters. The summed E-state index contributed by atoms with van der Waals surface area (Å²) in [5.41, 5.74) is -0.965. The van der Waals surface area contributed by atoms with Crippen molar-refractivity contribution < 1.29 is 23.1 Å². The third-order valence-corrected chi connectivity index (χ3v) is 2.07. The van der Waals surface area contributed by atoms with Gasteiger partial charge in [0.2, 0.25) is 0 Å². The van der Waals surface area contributed by atoms with Crippen LogP contribution in [0.15, 0.2) is 18.2 Å². The van der Waals surface area contributed by atoms with Crippen LogP contribution in [0.4, 0.5) is 13.2 Å². The van der Waals surface area contributed by atoms with Crippen LogP contribution in [0.5, 0.6) is 0 Å². The third kappa shape index (κ3) is 3.74. The predicted molar refractivity (Wildman–Crippen MR) is 55.8 cm³/mol. The van der Waals surface area contributed by atoms with Crippen LogP contribution in [-0.4, -0.2) is 30.1 Å². The zero-order valence-electron chi connectivity index (χ0n) is 9.38. The number of carboxylic acid groups (broad SMARTS) is 1. The van der Waals surface area contributed by atoms with Crippen LogP contribution in [0.1, 0.15) is 21.5 Å². The summed E-state index contributed by atoms with van der Waals surface area (Å²) in [7, 11) is 3.39. The van der Waals surface area contributed by atoms with Gasteiger partial charge in [-0.05, 0) is 37.9 Å². The highest BCUT2D eigenvalue weighted by atomic mass is 19.4. The maximum absolute atomic E-state index is 12.5. The monoisotopic (exact) mass is 247 g/mol. The first-order chi connectivity index (χ1) is 7.70. The lowest BCUT2D eigenvalue weighted by Gasteiger charge is -2.13. The lowest BCUT2D eigenvalue weighted by molar-refractivity contribution is -0.137. The zero-order chi connectivity index (χ0) is 13.2. The van der Waals surface area contributed by atoms with E-state index in [1.54, 1.807) is 19.0 Å². The molecule has 0 heterocycles. The Kier molecular flexibility index (Phi) is 3.77. The molecule has 0 aliphatic heterocycles. The fraction of sp³-hybridized carbons (Fsp3) is 0.364. The van der Waals surface area contributed by atoms with Crippen LogP contribution in [0.3, 0.4) is 0 Å². The molecule has 0 aliphatic carbocycles. The summed E-state index contributed by atoms with van der Waals surface area (Å²) < 4.78 is 37.6. The van der Waals surface area contributed by atoms with E-state index < -0.39 is 17.7 Å². The van der Waals surface area contributed by atoms with E-state index in [0.717, 1.165) is 6.07 Å². The van der Waals surface area contributed by atoms with Gasteiger partial charge in [-0.25, -0.2) is 4.79 Å². The summed E-state index contributed by atoms with van der Waals surface area (Å²) in [6.45, 7) is 0.254. The first-order valence-electron chi connectivity index (χ1n) is 4.79. The quantitative estimate of drug-likeness (QED) is 0.892. The number of rotatable bonds is 3. The number of nitrogens with zero attached hydrogens (tertiary/aromatic N) is 1. The molecule has 0 radical (unpaired) electrons. The van der Waals surface area contributed by atoms with Crippen LogP contribution in [0.25, 0.3) is 0 Å². The van der Waals surface area contributed by atoms with Crippen molar-refractivity contribution in [1.29, 1.82) is 0 Å². The van der Waals surface area contributed by atoms with Crippen molar-refractivity contribution in [3.63, 3.8) is 0 Å². The number of carbonyl (C=O) groups is 1.